The van der Waals surface area contributed by atoms with Crippen molar-refractivity contribution in [1.29, 1.82) is 0 Å². The third-order valence-corrected chi connectivity index (χ3v) is 5.67. The summed E-state index contributed by atoms with van der Waals surface area (Å²) < 4.78 is 7.36. The van der Waals surface area contributed by atoms with Crippen LogP contribution in [-0.4, -0.2) is 67.1 Å². The highest BCUT2D eigenvalue weighted by atomic mass is 16.5. The average Bonchev–Trinajstić information content (AvgIpc) is 3.10. The quantitative estimate of drug-likeness (QED) is 0.533. The molecular formula is C21H30N8O2. The van der Waals surface area contributed by atoms with Crippen molar-refractivity contribution in [2.75, 3.05) is 38.2 Å². The summed E-state index contributed by atoms with van der Waals surface area (Å²) in [6.45, 7) is 6.69. The van der Waals surface area contributed by atoms with Crippen LogP contribution >= 0.6 is 0 Å². The van der Waals surface area contributed by atoms with Crippen LogP contribution in [0.5, 0.6) is 5.75 Å². The van der Waals surface area contributed by atoms with Crippen molar-refractivity contribution in [2.45, 2.75) is 44.8 Å². The maximum Gasteiger partial charge on any atom is 0.222 e. The Balaban J connectivity index is 1.51. The summed E-state index contributed by atoms with van der Waals surface area (Å²) >= 11 is 0. The molecule has 0 atom stereocenters. The van der Waals surface area contributed by atoms with Gasteiger partial charge in [0, 0.05) is 12.7 Å². The fourth-order valence-electron chi connectivity index (χ4n) is 4.29. The van der Waals surface area contributed by atoms with E-state index in [0.29, 0.717) is 30.0 Å². The van der Waals surface area contributed by atoms with E-state index in [9.17, 15) is 5.11 Å². The van der Waals surface area contributed by atoms with Crippen molar-refractivity contribution in [3.63, 3.8) is 0 Å². The molecule has 0 saturated carbocycles. The zero-order valence-electron chi connectivity index (χ0n) is 18.2. The molecule has 166 valence electrons. The van der Waals surface area contributed by atoms with Crippen molar-refractivity contribution in [3.8, 4) is 5.75 Å². The van der Waals surface area contributed by atoms with Gasteiger partial charge in [-0.3, -0.25) is 9.67 Å². The van der Waals surface area contributed by atoms with Crippen molar-refractivity contribution in [3.05, 3.63) is 29.7 Å². The van der Waals surface area contributed by atoms with Crippen molar-refractivity contribution < 1.29 is 9.84 Å². The number of rotatable bonds is 6. The molecule has 10 nitrogen and oxygen atoms in total. The fraction of sp³-hybridized carbons (Fsp3) is 0.524. The third-order valence-electron chi connectivity index (χ3n) is 5.67. The molecule has 1 aliphatic heterocycles. The number of piperidine rings is 1. The van der Waals surface area contributed by atoms with E-state index in [1.165, 1.54) is 5.56 Å². The summed E-state index contributed by atoms with van der Waals surface area (Å²) in [4.78, 5) is 15.2. The molecule has 3 aromatic heterocycles. The van der Waals surface area contributed by atoms with Crippen LogP contribution in [0.4, 0.5) is 11.8 Å². The second-order valence-electron chi connectivity index (χ2n) is 8.78. The van der Waals surface area contributed by atoms with Gasteiger partial charge < -0.3 is 26.2 Å². The van der Waals surface area contributed by atoms with Gasteiger partial charge in [0.1, 0.15) is 22.5 Å². The summed E-state index contributed by atoms with van der Waals surface area (Å²) in [7, 11) is 1.65. The first-order valence-electron chi connectivity index (χ1n) is 10.5. The molecule has 1 fully saturated rings. The lowest BCUT2D eigenvalue weighted by atomic mass is 9.89. The first-order valence-corrected chi connectivity index (χ1v) is 10.5. The lowest BCUT2D eigenvalue weighted by Gasteiger charge is -2.35. The Hall–Kier alpha value is -2.98. The predicted octanol–water partition coefficient (Wildman–Crippen LogP) is 1.39. The summed E-state index contributed by atoms with van der Waals surface area (Å²) in [5.74, 6) is 1.55. The number of likely N-dealkylation sites (tertiary alicyclic amines) is 1. The largest absolute Gasteiger partial charge is 0.495 e. The molecule has 0 aliphatic carbocycles. The lowest BCUT2D eigenvalue weighted by molar-refractivity contribution is 0.0281. The number of nitrogens with two attached hydrogens (primary N) is 2. The molecule has 31 heavy (non-hydrogen) atoms. The number of nitrogen functional groups attached to an aromatic ring is 2. The average molecular weight is 427 g/mol. The summed E-state index contributed by atoms with van der Waals surface area (Å²) in [6, 6.07) is 2.07. The van der Waals surface area contributed by atoms with E-state index in [1.807, 2.05) is 20.0 Å². The Morgan fingerprint density at radius 3 is 2.61 bits per heavy atom. The number of hydrogen-bond acceptors (Lipinski definition) is 9. The number of pyridine rings is 1. The molecule has 0 unspecified atom stereocenters. The molecule has 1 saturated heterocycles. The van der Waals surface area contributed by atoms with E-state index >= 15 is 0 Å². The van der Waals surface area contributed by atoms with Gasteiger partial charge in [-0.1, -0.05) is 0 Å². The van der Waals surface area contributed by atoms with Gasteiger partial charge in [-0.15, -0.1) is 0 Å². The Labute approximate surface area is 181 Å². The van der Waals surface area contributed by atoms with Gasteiger partial charge in [-0.2, -0.15) is 10.1 Å². The zero-order valence-corrected chi connectivity index (χ0v) is 18.2. The molecular weight excluding hydrogens is 396 g/mol. The van der Waals surface area contributed by atoms with E-state index in [0.717, 1.165) is 37.4 Å². The van der Waals surface area contributed by atoms with Crippen LogP contribution in [0.25, 0.3) is 11.0 Å². The number of anilines is 2. The first-order chi connectivity index (χ1) is 14.7. The number of methoxy groups -OCH3 is 1. The smallest absolute Gasteiger partial charge is 0.222 e. The molecule has 0 aromatic carbocycles. The van der Waals surface area contributed by atoms with Crippen LogP contribution in [0.1, 0.15) is 43.9 Å². The lowest BCUT2D eigenvalue weighted by Crippen LogP contribution is -2.42. The van der Waals surface area contributed by atoms with Crippen LogP contribution in [0.2, 0.25) is 0 Å². The number of hydrogen-bond donors (Lipinski definition) is 3. The number of ether oxygens (including phenoxy) is 1. The molecule has 4 rings (SSSR count). The fourth-order valence-corrected chi connectivity index (χ4v) is 4.29. The standard InChI is InChI=1S/C21H30N8O2/c1-21(2,30)12-28-6-4-13(5-7-28)14-8-17(31-3)16(24-9-14)11-29-18-15(10-25-29)26-20(23)27-19(18)22/h8-10,13,30H,4-7,11-12H2,1-3H3,(H4,22,23,26,27). The van der Waals surface area contributed by atoms with Gasteiger partial charge in [0.15, 0.2) is 5.82 Å². The molecule has 10 heteroatoms. The Morgan fingerprint density at radius 2 is 1.94 bits per heavy atom. The van der Waals surface area contributed by atoms with Gasteiger partial charge in [0.05, 0.1) is 25.5 Å². The van der Waals surface area contributed by atoms with E-state index in [2.05, 4.69) is 31.0 Å². The molecule has 5 N–H and O–H groups in total. The Morgan fingerprint density at radius 1 is 1.19 bits per heavy atom. The predicted molar refractivity (Wildman–Crippen MR) is 119 cm³/mol. The summed E-state index contributed by atoms with van der Waals surface area (Å²) in [6.07, 6.45) is 5.60. The normalized spacial score (nSPS) is 16.1. The number of β-amino-alcohol motifs (C(OH)–C–C–N with tert-alkyl or cyclic N) is 1. The van der Waals surface area contributed by atoms with Gasteiger partial charge in [0.2, 0.25) is 5.95 Å². The van der Waals surface area contributed by atoms with Crippen LogP contribution < -0.4 is 16.2 Å². The molecule has 0 amide bonds. The van der Waals surface area contributed by atoms with Crippen LogP contribution in [0.15, 0.2) is 18.5 Å². The van der Waals surface area contributed by atoms with Crippen molar-refractivity contribution >= 4 is 22.8 Å². The minimum atomic E-state index is -0.671. The maximum atomic E-state index is 10.1. The SMILES string of the molecule is COc1cc(C2CCN(CC(C)(C)O)CC2)cnc1Cn1ncc2nc(N)nc(N)c21. The first kappa shape index (κ1) is 21.3. The van der Waals surface area contributed by atoms with E-state index in [-0.39, 0.29) is 11.8 Å². The van der Waals surface area contributed by atoms with Gasteiger partial charge in [-0.25, -0.2) is 4.98 Å². The van der Waals surface area contributed by atoms with Crippen molar-refractivity contribution in [2.24, 2.45) is 0 Å². The van der Waals surface area contributed by atoms with Crippen LogP contribution in [-0.2, 0) is 6.54 Å². The molecule has 1 aliphatic rings. The molecule has 0 radical (unpaired) electrons. The number of nitrogens with zero attached hydrogens (tertiary/aromatic N) is 6. The zero-order chi connectivity index (χ0) is 22.2. The van der Waals surface area contributed by atoms with Gasteiger partial charge in [0.25, 0.3) is 0 Å². The topological polar surface area (TPSA) is 141 Å². The Bertz CT molecular complexity index is 1070. The maximum absolute atomic E-state index is 10.1. The Kier molecular flexibility index (Phi) is 5.67. The number of aromatic nitrogens is 5. The highest BCUT2D eigenvalue weighted by Crippen LogP contribution is 2.32. The van der Waals surface area contributed by atoms with Crippen LogP contribution in [0, 0.1) is 0 Å². The second-order valence-corrected chi connectivity index (χ2v) is 8.78. The highest BCUT2D eigenvalue weighted by molar-refractivity contribution is 5.85. The van der Waals surface area contributed by atoms with Crippen LogP contribution in [0.3, 0.4) is 0 Å². The summed E-state index contributed by atoms with van der Waals surface area (Å²) in [5, 5.41) is 14.4. The van der Waals surface area contributed by atoms with Gasteiger partial charge in [-0.05, 0) is 57.3 Å². The van der Waals surface area contributed by atoms with E-state index in [4.69, 9.17) is 16.2 Å². The molecule has 3 aromatic rings. The monoisotopic (exact) mass is 426 g/mol. The molecule has 4 heterocycles. The third kappa shape index (κ3) is 4.70. The second kappa shape index (κ2) is 8.27. The van der Waals surface area contributed by atoms with E-state index < -0.39 is 5.60 Å². The summed E-state index contributed by atoms with van der Waals surface area (Å²) in [5.41, 5.74) is 14.2. The van der Waals surface area contributed by atoms with Crippen molar-refractivity contribution in [1.82, 2.24) is 29.6 Å². The number of fused-ring (bicyclic) bond motifs is 1. The van der Waals surface area contributed by atoms with Gasteiger partial charge >= 0.3 is 0 Å². The minimum absolute atomic E-state index is 0.123. The molecule has 0 spiro atoms. The minimum Gasteiger partial charge on any atom is -0.495 e. The number of aliphatic hydroxyl groups is 1. The highest BCUT2D eigenvalue weighted by Gasteiger charge is 2.25. The molecule has 0 bridgehead atoms. The van der Waals surface area contributed by atoms with E-state index in [1.54, 1.807) is 18.0 Å².